The molecule has 0 radical (unpaired) electrons. The van der Waals surface area contributed by atoms with E-state index in [9.17, 15) is 0 Å². The molecule has 0 saturated carbocycles. The van der Waals surface area contributed by atoms with Crippen molar-refractivity contribution in [1.29, 1.82) is 0 Å². The summed E-state index contributed by atoms with van der Waals surface area (Å²) in [7, 11) is 0. The topological polar surface area (TPSA) is 74.8 Å². The van der Waals surface area contributed by atoms with E-state index in [1.54, 1.807) is 0 Å². The predicted octanol–water partition coefficient (Wildman–Crippen LogP) is -0.882. The van der Waals surface area contributed by atoms with Crippen molar-refractivity contribution in [2.24, 2.45) is 0 Å². The molecule has 0 aromatic carbocycles. The monoisotopic (exact) mass is 192 g/mol. The standard InChI is InChI=1S/C6H10O3.C2H6O2/c1(5-3-8-5)7-2-6-4-9-6;1-2(3)4/h5-6H,1-4H2;2-4H,1H3. The number of rotatable bonds is 4. The van der Waals surface area contributed by atoms with Gasteiger partial charge in [-0.2, -0.15) is 0 Å². The van der Waals surface area contributed by atoms with Gasteiger partial charge in [-0.3, -0.25) is 0 Å². The number of hydrogen-bond donors (Lipinski definition) is 2. The Morgan fingerprint density at radius 2 is 1.54 bits per heavy atom. The highest BCUT2D eigenvalue weighted by atomic mass is 16.6. The number of aliphatic hydroxyl groups is 2. The van der Waals surface area contributed by atoms with E-state index in [2.05, 4.69) is 0 Å². The van der Waals surface area contributed by atoms with E-state index in [-0.39, 0.29) is 0 Å². The third-order valence-corrected chi connectivity index (χ3v) is 1.41. The van der Waals surface area contributed by atoms with Gasteiger partial charge in [0, 0.05) is 0 Å². The zero-order chi connectivity index (χ0) is 9.68. The molecule has 2 N–H and O–H groups in total. The minimum Gasteiger partial charge on any atom is -0.376 e. The Labute approximate surface area is 77.2 Å². The van der Waals surface area contributed by atoms with Crippen molar-refractivity contribution in [3.63, 3.8) is 0 Å². The van der Waals surface area contributed by atoms with Crippen molar-refractivity contribution in [2.75, 3.05) is 26.4 Å². The molecule has 78 valence electrons. The Hall–Kier alpha value is -0.200. The molecule has 2 saturated heterocycles. The lowest BCUT2D eigenvalue weighted by molar-refractivity contribution is -0.0228. The third kappa shape index (κ3) is 8.14. The van der Waals surface area contributed by atoms with Crippen LogP contribution in [0.5, 0.6) is 0 Å². The molecule has 2 fully saturated rings. The minimum atomic E-state index is -1.17. The second-order valence-corrected chi connectivity index (χ2v) is 3.08. The molecule has 5 nitrogen and oxygen atoms in total. The summed E-state index contributed by atoms with van der Waals surface area (Å²) >= 11 is 0. The second kappa shape index (κ2) is 5.51. The van der Waals surface area contributed by atoms with E-state index in [1.165, 1.54) is 6.92 Å². The molecule has 13 heavy (non-hydrogen) atoms. The quantitative estimate of drug-likeness (QED) is 0.447. The van der Waals surface area contributed by atoms with Crippen LogP contribution in [-0.2, 0) is 14.2 Å². The average Bonchev–Trinajstić information content (AvgIpc) is 2.78. The van der Waals surface area contributed by atoms with Gasteiger partial charge < -0.3 is 24.4 Å². The molecule has 2 unspecified atom stereocenters. The summed E-state index contributed by atoms with van der Waals surface area (Å²) in [5.41, 5.74) is 0. The Kier molecular flexibility index (Phi) is 4.61. The Morgan fingerprint density at radius 1 is 1.23 bits per heavy atom. The first kappa shape index (κ1) is 10.9. The number of hydrogen-bond acceptors (Lipinski definition) is 5. The molecule has 0 aliphatic carbocycles. The van der Waals surface area contributed by atoms with Gasteiger partial charge in [-0.15, -0.1) is 0 Å². The number of ether oxygens (including phenoxy) is 3. The van der Waals surface area contributed by atoms with Crippen molar-refractivity contribution in [3.8, 4) is 0 Å². The lowest BCUT2D eigenvalue weighted by atomic mass is 10.5. The maximum absolute atomic E-state index is 7.61. The molecule has 5 heteroatoms. The fourth-order valence-corrected chi connectivity index (χ4v) is 0.659. The summed E-state index contributed by atoms with van der Waals surface area (Å²) in [4.78, 5) is 0. The summed E-state index contributed by atoms with van der Waals surface area (Å²) in [6.45, 7) is 4.54. The molecule has 0 aromatic rings. The molecule has 2 rings (SSSR count). The highest BCUT2D eigenvalue weighted by Gasteiger charge is 2.26. The van der Waals surface area contributed by atoms with Crippen LogP contribution < -0.4 is 0 Å². The maximum Gasteiger partial charge on any atom is 0.148 e. The van der Waals surface area contributed by atoms with Crippen LogP contribution in [0.15, 0.2) is 0 Å². The maximum atomic E-state index is 7.61. The van der Waals surface area contributed by atoms with E-state index < -0.39 is 6.29 Å². The summed E-state index contributed by atoms with van der Waals surface area (Å²) in [6, 6.07) is 0. The molecular weight excluding hydrogens is 176 g/mol. The van der Waals surface area contributed by atoms with Gasteiger partial charge in [0.15, 0.2) is 0 Å². The van der Waals surface area contributed by atoms with Crippen molar-refractivity contribution in [1.82, 2.24) is 0 Å². The molecule has 0 spiro atoms. The van der Waals surface area contributed by atoms with Crippen LogP contribution in [0.3, 0.4) is 0 Å². The fraction of sp³-hybridized carbons (Fsp3) is 1.00. The normalized spacial score (nSPS) is 29.5. The second-order valence-electron chi connectivity index (χ2n) is 3.08. The first-order chi connectivity index (χ1) is 6.18. The molecule has 0 amide bonds. The number of aliphatic hydroxyl groups excluding tert-OH is 1. The van der Waals surface area contributed by atoms with Crippen LogP contribution in [0.1, 0.15) is 6.92 Å². The summed E-state index contributed by atoms with van der Waals surface area (Å²) < 4.78 is 15.1. The first-order valence-corrected chi connectivity index (χ1v) is 4.35. The summed E-state index contributed by atoms with van der Waals surface area (Å²) in [6.07, 6.45) is -0.382. The van der Waals surface area contributed by atoms with Gasteiger partial charge in [-0.1, -0.05) is 0 Å². The smallest absolute Gasteiger partial charge is 0.148 e. The van der Waals surface area contributed by atoms with Gasteiger partial charge in [0.25, 0.3) is 0 Å². The highest BCUT2D eigenvalue weighted by molar-refractivity contribution is 4.71. The molecule has 0 bridgehead atoms. The fourth-order valence-electron chi connectivity index (χ4n) is 0.659. The van der Waals surface area contributed by atoms with E-state index >= 15 is 0 Å². The molecule has 2 heterocycles. The van der Waals surface area contributed by atoms with Gasteiger partial charge in [0.05, 0.1) is 26.4 Å². The van der Waals surface area contributed by atoms with Crippen LogP contribution in [0.25, 0.3) is 0 Å². The van der Waals surface area contributed by atoms with Gasteiger partial charge in [0.1, 0.15) is 18.5 Å². The van der Waals surface area contributed by atoms with Crippen LogP contribution >= 0.6 is 0 Å². The van der Waals surface area contributed by atoms with E-state index in [0.717, 1.165) is 26.4 Å². The van der Waals surface area contributed by atoms with Gasteiger partial charge in [-0.05, 0) is 6.92 Å². The largest absolute Gasteiger partial charge is 0.376 e. The van der Waals surface area contributed by atoms with Gasteiger partial charge >= 0.3 is 0 Å². The van der Waals surface area contributed by atoms with Crippen LogP contribution in [0.2, 0.25) is 0 Å². The highest BCUT2D eigenvalue weighted by Crippen LogP contribution is 2.12. The van der Waals surface area contributed by atoms with Crippen LogP contribution in [-0.4, -0.2) is 55.1 Å². The van der Waals surface area contributed by atoms with Crippen LogP contribution in [0, 0.1) is 0 Å². The number of epoxide rings is 2. The van der Waals surface area contributed by atoms with Crippen molar-refractivity contribution < 1.29 is 24.4 Å². The van der Waals surface area contributed by atoms with Gasteiger partial charge in [0.2, 0.25) is 0 Å². The summed E-state index contributed by atoms with van der Waals surface area (Å²) in [5.74, 6) is 0. The zero-order valence-electron chi connectivity index (χ0n) is 7.68. The SMILES string of the molecule is C(OCC1CO1)C1CO1.CC(O)O. The Balaban J connectivity index is 0.000000184. The zero-order valence-corrected chi connectivity index (χ0v) is 7.68. The van der Waals surface area contributed by atoms with E-state index in [4.69, 9.17) is 24.4 Å². The summed E-state index contributed by atoms with van der Waals surface area (Å²) in [5, 5.41) is 15.2. The predicted molar refractivity (Wildman–Crippen MR) is 44.2 cm³/mol. The van der Waals surface area contributed by atoms with E-state index in [0.29, 0.717) is 12.2 Å². The van der Waals surface area contributed by atoms with Crippen LogP contribution in [0.4, 0.5) is 0 Å². The minimum absolute atomic E-state index is 0.392. The Bertz CT molecular complexity index is 116. The van der Waals surface area contributed by atoms with Crippen molar-refractivity contribution >= 4 is 0 Å². The molecule has 2 aliphatic rings. The average molecular weight is 192 g/mol. The lowest BCUT2D eigenvalue weighted by Gasteiger charge is -1.95. The lowest BCUT2D eigenvalue weighted by Crippen LogP contribution is -2.06. The van der Waals surface area contributed by atoms with Gasteiger partial charge in [-0.25, -0.2) is 0 Å². The van der Waals surface area contributed by atoms with E-state index in [1.807, 2.05) is 0 Å². The first-order valence-electron chi connectivity index (χ1n) is 4.35. The third-order valence-electron chi connectivity index (χ3n) is 1.41. The molecule has 2 aliphatic heterocycles. The molecular formula is C8H16O5. The van der Waals surface area contributed by atoms with Crippen molar-refractivity contribution in [3.05, 3.63) is 0 Å². The molecule has 0 aromatic heterocycles. The van der Waals surface area contributed by atoms with Crippen molar-refractivity contribution in [2.45, 2.75) is 25.4 Å². The Morgan fingerprint density at radius 3 is 1.77 bits per heavy atom. The molecule has 2 atom stereocenters.